The number of aryl methyl sites for hydroxylation is 1. The summed E-state index contributed by atoms with van der Waals surface area (Å²) in [7, 11) is 0. The molecule has 0 aromatic heterocycles. The highest BCUT2D eigenvalue weighted by Gasteiger charge is 2.25. The van der Waals surface area contributed by atoms with E-state index in [1.165, 1.54) is 0 Å². The van der Waals surface area contributed by atoms with Gasteiger partial charge in [0.05, 0.1) is 24.4 Å². The molecule has 21 heavy (non-hydrogen) atoms. The van der Waals surface area contributed by atoms with Crippen molar-refractivity contribution < 1.29 is 15.0 Å². The van der Waals surface area contributed by atoms with Crippen LogP contribution in [0.3, 0.4) is 0 Å². The molecule has 2 amide bonds. The van der Waals surface area contributed by atoms with Gasteiger partial charge in [-0.2, -0.15) is 0 Å². The molecule has 0 radical (unpaired) electrons. The molecular formula is C15H23ClN2O3. The van der Waals surface area contributed by atoms with Crippen LogP contribution >= 0.6 is 11.6 Å². The van der Waals surface area contributed by atoms with E-state index < -0.39 is 11.6 Å². The maximum absolute atomic E-state index is 12.1. The highest BCUT2D eigenvalue weighted by molar-refractivity contribution is 6.31. The summed E-state index contributed by atoms with van der Waals surface area (Å²) in [5.74, 6) is 0. The molecule has 4 N–H and O–H groups in total. The van der Waals surface area contributed by atoms with E-state index in [-0.39, 0.29) is 13.2 Å². The van der Waals surface area contributed by atoms with E-state index in [1.807, 2.05) is 26.0 Å². The molecule has 0 spiro atoms. The number of rotatable bonds is 6. The van der Waals surface area contributed by atoms with Crippen LogP contribution in [0.4, 0.5) is 10.5 Å². The first-order valence-electron chi connectivity index (χ1n) is 7.01. The van der Waals surface area contributed by atoms with Crippen LogP contribution in [0.25, 0.3) is 0 Å². The van der Waals surface area contributed by atoms with Gasteiger partial charge in [-0.05, 0) is 37.0 Å². The van der Waals surface area contributed by atoms with Crippen molar-refractivity contribution in [2.75, 3.05) is 18.5 Å². The molecular weight excluding hydrogens is 292 g/mol. The summed E-state index contributed by atoms with van der Waals surface area (Å²) in [6, 6.07) is 3.23. The Bertz CT molecular complexity index is 502. The van der Waals surface area contributed by atoms with Crippen molar-refractivity contribution in [1.82, 2.24) is 5.32 Å². The first kappa shape index (κ1) is 17.8. The van der Waals surface area contributed by atoms with Crippen LogP contribution < -0.4 is 10.6 Å². The van der Waals surface area contributed by atoms with Crippen LogP contribution in [0.1, 0.15) is 31.9 Å². The summed E-state index contributed by atoms with van der Waals surface area (Å²) in [6.45, 7) is 4.82. The van der Waals surface area contributed by atoms with Gasteiger partial charge in [0.2, 0.25) is 0 Å². The third-order valence-electron chi connectivity index (χ3n) is 3.43. The Morgan fingerprint density at radius 3 is 2.33 bits per heavy atom. The Balaban J connectivity index is 3.01. The monoisotopic (exact) mass is 314 g/mol. The van der Waals surface area contributed by atoms with E-state index in [9.17, 15) is 15.0 Å². The highest BCUT2D eigenvalue weighted by Crippen LogP contribution is 2.29. The van der Waals surface area contributed by atoms with Crippen LogP contribution in [-0.2, 0) is 12.8 Å². The molecule has 0 saturated heterocycles. The average molecular weight is 315 g/mol. The zero-order valence-electron chi connectivity index (χ0n) is 12.7. The summed E-state index contributed by atoms with van der Waals surface area (Å²) < 4.78 is 0. The summed E-state index contributed by atoms with van der Waals surface area (Å²) in [5.41, 5.74) is 1.49. The molecule has 1 rings (SSSR count). The summed E-state index contributed by atoms with van der Waals surface area (Å²) in [6.07, 6.45) is 1.45. The molecule has 0 unspecified atom stereocenters. The van der Waals surface area contributed by atoms with Crippen LogP contribution in [0.5, 0.6) is 0 Å². The van der Waals surface area contributed by atoms with Gasteiger partial charge in [-0.1, -0.05) is 31.5 Å². The fourth-order valence-electron chi connectivity index (χ4n) is 2.01. The predicted octanol–water partition coefficient (Wildman–Crippen LogP) is 2.33. The Labute approximate surface area is 130 Å². The molecule has 1 aromatic rings. The van der Waals surface area contributed by atoms with E-state index in [0.29, 0.717) is 17.1 Å². The fourth-order valence-corrected chi connectivity index (χ4v) is 2.31. The lowest BCUT2D eigenvalue weighted by Gasteiger charge is -2.27. The largest absolute Gasteiger partial charge is 0.394 e. The molecule has 0 aliphatic carbocycles. The van der Waals surface area contributed by atoms with E-state index in [4.69, 9.17) is 11.6 Å². The van der Waals surface area contributed by atoms with Gasteiger partial charge in [-0.3, -0.25) is 0 Å². The maximum Gasteiger partial charge on any atom is 0.319 e. The molecule has 6 heteroatoms. The van der Waals surface area contributed by atoms with Crippen LogP contribution in [0, 0.1) is 0 Å². The molecule has 1 aromatic carbocycles. The molecule has 0 aliphatic rings. The summed E-state index contributed by atoms with van der Waals surface area (Å²) in [5, 5.41) is 24.4. The lowest BCUT2D eigenvalue weighted by molar-refractivity contribution is 0.111. The van der Waals surface area contributed by atoms with Gasteiger partial charge in [0.25, 0.3) is 0 Å². The molecule has 0 aliphatic heterocycles. The minimum atomic E-state index is -1.07. The number of amides is 2. The Morgan fingerprint density at radius 2 is 1.86 bits per heavy atom. The second kappa shape index (κ2) is 7.64. The minimum absolute atomic E-state index is 0.353. The lowest BCUT2D eigenvalue weighted by Crippen LogP contribution is -2.53. The quantitative estimate of drug-likeness (QED) is 0.650. The summed E-state index contributed by atoms with van der Waals surface area (Å²) >= 11 is 6.18. The molecule has 0 atom stereocenters. The highest BCUT2D eigenvalue weighted by atomic mass is 35.5. The van der Waals surface area contributed by atoms with Crippen molar-refractivity contribution in [3.63, 3.8) is 0 Å². The number of benzene rings is 1. The number of hydrogen-bond donors (Lipinski definition) is 4. The molecule has 0 fully saturated rings. The molecule has 0 bridgehead atoms. The average Bonchev–Trinajstić information content (AvgIpc) is 2.47. The number of carbonyl (C=O) groups excluding carboxylic acids is 1. The van der Waals surface area contributed by atoms with Crippen molar-refractivity contribution >= 4 is 23.3 Å². The zero-order chi connectivity index (χ0) is 16.0. The van der Waals surface area contributed by atoms with E-state index >= 15 is 0 Å². The number of nitrogens with one attached hydrogen (secondary N) is 2. The summed E-state index contributed by atoms with van der Waals surface area (Å²) in [4.78, 5) is 12.1. The van der Waals surface area contributed by atoms with Crippen LogP contribution in [0.2, 0.25) is 5.02 Å². The van der Waals surface area contributed by atoms with Gasteiger partial charge in [-0.25, -0.2) is 4.79 Å². The van der Waals surface area contributed by atoms with E-state index in [2.05, 4.69) is 10.6 Å². The Morgan fingerprint density at radius 1 is 1.24 bits per heavy atom. The first-order valence-corrected chi connectivity index (χ1v) is 7.39. The van der Waals surface area contributed by atoms with Crippen molar-refractivity contribution in [1.29, 1.82) is 0 Å². The number of carbonyl (C=O) groups is 1. The number of hydrogen-bond acceptors (Lipinski definition) is 3. The van der Waals surface area contributed by atoms with E-state index in [1.54, 1.807) is 6.92 Å². The van der Waals surface area contributed by atoms with Gasteiger partial charge < -0.3 is 20.8 Å². The normalized spacial score (nSPS) is 11.3. The SMILES string of the molecule is CCc1ccc(Cl)c(CC)c1NC(=O)NC(C)(CO)CO. The first-order chi connectivity index (χ1) is 9.90. The predicted molar refractivity (Wildman–Crippen MR) is 84.9 cm³/mol. The van der Waals surface area contributed by atoms with Gasteiger partial charge in [0.1, 0.15) is 0 Å². The van der Waals surface area contributed by atoms with Crippen LogP contribution in [-0.4, -0.2) is 35.0 Å². The third kappa shape index (κ3) is 4.33. The van der Waals surface area contributed by atoms with Gasteiger partial charge >= 0.3 is 6.03 Å². The second-order valence-electron chi connectivity index (χ2n) is 5.22. The van der Waals surface area contributed by atoms with Gasteiger partial charge in [0, 0.05) is 5.02 Å². The molecule has 0 heterocycles. The number of aliphatic hydroxyl groups is 2. The van der Waals surface area contributed by atoms with Gasteiger partial charge in [0.15, 0.2) is 0 Å². The fraction of sp³-hybridized carbons (Fsp3) is 0.533. The molecule has 118 valence electrons. The molecule has 0 saturated carbocycles. The van der Waals surface area contributed by atoms with Crippen LogP contribution in [0.15, 0.2) is 12.1 Å². The van der Waals surface area contributed by atoms with Crippen molar-refractivity contribution in [3.8, 4) is 0 Å². The third-order valence-corrected chi connectivity index (χ3v) is 3.78. The van der Waals surface area contributed by atoms with Crippen molar-refractivity contribution in [2.24, 2.45) is 0 Å². The minimum Gasteiger partial charge on any atom is -0.394 e. The number of halogens is 1. The lowest BCUT2D eigenvalue weighted by atomic mass is 10.0. The maximum atomic E-state index is 12.1. The zero-order valence-corrected chi connectivity index (χ0v) is 13.4. The molecule has 5 nitrogen and oxygen atoms in total. The standard InChI is InChI=1S/C15H23ClN2O3/c1-4-10-6-7-12(16)11(5-2)13(10)17-14(21)18-15(3,8-19)9-20/h6-7,19-20H,4-5,8-9H2,1-3H3,(H2,17,18,21). The van der Waals surface area contributed by atoms with Crippen molar-refractivity contribution in [2.45, 2.75) is 39.2 Å². The smallest absolute Gasteiger partial charge is 0.319 e. The van der Waals surface area contributed by atoms with Gasteiger partial charge in [-0.15, -0.1) is 0 Å². The Kier molecular flexibility index (Phi) is 6.45. The number of aliphatic hydroxyl groups excluding tert-OH is 2. The number of urea groups is 1. The topological polar surface area (TPSA) is 81.6 Å². The Hall–Kier alpha value is -1.30. The van der Waals surface area contributed by atoms with E-state index in [0.717, 1.165) is 17.5 Å². The van der Waals surface area contributed by atoms with Crippen molar-refractivity contribution in [3.05, 3.63) is 28.3 Å². The number of anilines is 1. The second-order valence-corrected chi connectivity index (χ2v) is 5.63.